The number of hydrogen-bond donors (Lipinski definition) is 0. The van der Waals surface area contributed by atoms with Crippen molar-refractivity contribution in [1.82, 2.24) is 4.31 Å². The maximum Gasteiger partial charge on any atom is 0.350 e. The zero-order valence-electron chi connectivity index (χ0n) is 10.1. The van der Waals surface area contributed by atoms with Crippen molar-refractivity contribution in [3.8, 4) is 0 Å². The number of rotatable bonds is 3. The van der Waals surface area contributed by atoms with Crippen LogP contribution in [0.2, 0.25) is 0 Å². The SMILES string of the molecule is CN(C1CCC2(CC1)OCCO2)S(=O)(=O)C(F)F. The van der Waals surface area contributed by atoms with Gasteiger partial charge >= 0.3 is 5.76 Å². The Hall–Kier alpha value is -0.310. The average Bonchev–Trinajstić information content (AvgIpc) is 2.77. The monoisotopic (exact) mass is 285 g/mol. The largest absolute Gasteiger partial charge is 0.350 e. The lowest BCUT2D eigenvalue weighted by atomic mass is 9.90. The first-order valence-corrected chi connectivity index (χ1v) is 7.41. The van der Waals surface area contributed by atoms with Gasteiger partial charge in [-0.3, -0.25) is 0 Å². The van der Waals surface area contributed by atoms with Gasteiger partial charge in [-0.05, 0) is 12.8 Å². The Morgan fingerprint density at radius 3 is 2.17 bits per heavy atom. The quantitative estimate of drug-likeness (QED) is 0.780. The van der Waals surface area contributed by atoms with Crippen LogP contribution in [0.5, 0.6) is 0 Å². The highest BCUT2D eigenvalue weighted by Crippen LogP contribution is 2.37. The van der Waals surface area contributed by atoms with Crippen LogP contribution in [0.25, 0.3) is 0 Å². The lowest BCUT2D eigenvalue weighted by Gasteiger charge is -2.38. The van der Waals surface area contributed by atoms with Crippen molar-refractivity contribution >= 4 is 10.0 Å². The third-order valence-corrected chi connectivity index (χ3v) is 5.22. The second-order valence-corrected chi connectivity index (χ2v) is 6.62. The summed E-state index contributed by atoms with van der Waals surface area (Å²) in [5.41, 5.74) is 0. The topological polar surface area (TPSA) is 55.8 Å². The van der Waals surface area contributed by atoms with Crippen LogP contribution in [0.4, 0.5) is 8.78 Å². The Kier molecular flexibility index (Phi) is 3.91. The van der Waals surface area contributed by atoms with E-state index in [-0.39, 0.29) is 0 Å². The van der Waals surface area contributed by atoms with Gasteiger partial charge in [0.25, 0.3) is 10.0 Å². The molecule has 2 aliphatic rings. The lowest BCUT2D eigenvalue weighted by molar-refractivity contribution is -0.181. The van der Waals surface area contributed by atoms with Gasteiger partial charge in [-0.2, -0.15) is 13.1 Å². The van der Waals surface area contributed by atoms with Gasteiger partial charge in [0, 0.05) is 25.9 Å². The van der Waals surface area contributed by atoms with Gasteiger partial charge in [0.2, 0.25) is 0 Å². The number of hydrogen-bond acceptors (Lipinski definition) is 4. The molecule has 0 aromatic rings. The van der Waals surface area contributed by atoms with Crippen molar-refractivity contribution in [1.29, 1.82) is 0 Å². The van der Waals surface area contributed by atoms with E-state index in [4.69, 9.17) is 9.47 Å². The van der Waals surface area contributed by atoms with E-state index in [0.29, 0.717) is 38.9 Å². The second kappa shape index (κ2) is 4.99. The third-order valence-electron chi connectivity index (χ3n) is 3.67. The van der Waals surface area contributed by atoms with Gasteiger partial charge in [0.15, 0.2) is 5.79 Å². The van der Waals surface area contributed by atoms with E-state index in [1.54, 1.807) is 0 Å². The maximum atomic E-state index is 12.4. The molecule has 1 heterocycles. The van der Waals surface area contributed by atoms with E-state index in [9.17, 15) is 17.2 Å². The molecule has 0 unspecified atom stereocenters. The molecule has 0 aromatic carbocycles. The molecule has 0 aromatic heterocycles. The van der Waals surface area contributed by atoms with E-state index in [1.807, 2.05) is 0 Å². The average molecular weight is 285 g/mol. The molecule has 1 aliphatic carbocycles. The zero-order valence-corrected chi connectivity index (χ0v) is 11.0. The Labute approximate surface area is 105 Å². The van der Waals surface area contributed by atoms with Crippen LogP contribution in [0, 0.1) is 0 Å². The predicted octanol–water partition coefficient (Wildman–Crippen LogP) is 1.16. The van der Waals surface area contributed by atoms with Crippen molar-refractivity contribution in [3.63, 3.8) is 0 Å². The maximum absolute atomic E-state index is 12.4. The fraction of sp³-hybridized carbons (Fsp3) is 1.00. The van der Waals surface area contributed by atoms with Crippen LogP contribution >= 0.6 is 0 Å². The number of halogens is 2. The number of alkyl halides is 2. The third kappa shape index (κ3) is 2.52. The molecule has 2 fully saturated rings. The molecule has 1 saturated carbocycles. The molecule has 1 saturated heterocycles. The fourth-order valence-corrected chi connectivity index (χ4v) is 3.40. The van der Waals surface area contributed by atoms with Gasteiger partial charge in [-0.25, -0.2) is 8.42 Å². The Morgan fingerprint density at radius 1 is 1.22 bits per heavy atom. The molecule has 8 heteroatoms. The van der Waals surface area contributed by atoms with E-state index < -0.39 is 27.6 Å². The van der Waals surface area contributed by atoms with Crippen LogP contribution < -0.4 is 0 Å². The van der Waals surface area contributed by atoms with Gasteiger partial charge < -0.3 is 9.47 Å². The van der Waals surface area contributed by atoms with Crippen molar-refractivity contribution < 1.29 is 26.7 Å². The van der Waals surface area contributed by atoms with Gasteiger partial charge in [-0.1, -0.05) is 0 Å². The molecule has 0 radical (unpaired) electrons. The van der Waals surface area contributed by atoms with Crippen LogP contribution in [0.15, 0.2) is 0 Å². The molecular weight excluding hydrogens is 268 g/mol. The van der Waals surface area contributed by atoms with Crippen LogP contribution in [-0.2, 0) is 19.5 Å². The minimum atomic E-state index is -4.49. The molecule has 5 nitrogen and oxygen atoms in total. The number of sulfonamides is 1. The van der Waals surface area contributed by atoms with E-state index >= 15 is 0 Å². The molecule has 2 rings (SSSR count). The second-order valence-electron chi connectivity index (χ2n) is 4.66. The number of ether oxygens (including phenoxy) is 2. The van der Waals surface area contributed by atoms with Crippen molar-refractivity contribution in [2.75, 3.05) is 20.3 Å². The van der Waals surface area contributed by atoms with Gasteiger partial charge in [0.1, 0.15) is 0 Å². The summed E-state index contributed by atoms with van der Waals surface area (Å²) in [5, 5.41) is 0. The Balaban J connectivity index is 1.97. The standard InChI is InChI=1S/C10H17F2NO4S/c1-13(18(14,15)9(11)12)8-2-4-10(5-3-8)16-6-7-17-10/h8-9H,2-7H2,1H3. The highest BCUT2D eigenvalue weighted by molar-refractivity contribution is 7.89. The molecule has 1 spiro atoms. The van der Waals surface area contributed by atoms with Gasteiger partial charge in [0.05, 0.1) is 13.2 Å². The normalized spacial score (nSPS) is 25.4. The minimum Gasteiger partial charge on any atom is -0.348 e. The van der Waals surface area contributed by atoms with Crippen LogP contribution in [0.3, 0.4) is 0 Å². The summed E-state index contributed by atoms with van der Waals surface area (Å²) < 4.78 is 59.4. The molecular formula is C10H17F2NO4S. The van der Waals surface area contributed by atoms with Crippen LogP contribution in [0.1, 0.15) is 25.7 Å². The molecule has 0 amide bonds. The van der Waals surface area contributed by atoms with E-state index in [1.165, 1.54) is 7.05 Å². The summed E-state index contributed by atoms with van der Waals surface area (Å²) >= 11 is 0. The summed E-state index contributed by atoms with van der Waals surface area (Å²) in [4.78, 5) is 0. The molecule has 0 bridgehead atoms. The summed E-state index contributed by atoms with van der Waals surface area (Å²) in [6, 6.07) is -0.401. The smallest absolute Gasteiger partial charge is 0.348 e. The molecule has 18 heavy (non-hydrogen) atoms. The molecule has 0 N–H and O–H groups in total. The first kappa shape index (κ1) is 14.1. The number of nitrogens with zero attached hydrogens (tertiary/aromatic N) is 1. The van der Waals surface area contributed by atoms with Gasteiger partial charge in [-0.15, -0.1) is 0 Å². The Bertz CT molecular complexity index is 385. The van der Waals surface area contributed by atoms with Crippen molar-refractivity contribution in [2.45, 2.75) is 43.3 Å². The summed E-state index contributed by atoms with van der Waals surface area (Å²) in [6.45, 7) is 1.08. The Morgan fingerprint density at radius 2 is 1.72 bits per heavy atom. The summed E-state index contributed by atoms with van der Waals surface area (Å²) in [6.07, 6.45) is 2.03. The minimum absolute atomic E-state index is 0.401. The summed E-state index contributed by atoms with van der Waals surface area (Å²) in [7, 11) is -3.28. The zero-order chi connectivity index (χ0) is 13.4. The molecule has 1 aliphatic heterocycles. The first-order valence-electron chi connectivity index (χ1n) is 5.90. The van der Waals surface area contributed by atoms with Crippen molar-refractivity contribution in [2.24, 2.45) is 0 Å². The van der Waals surface area contributed by atoms with Crippen LogP contribution in [-0.4, -0.2) is 50.6 Å². The van der Waals surface area contributed by atoms with E-state index in [2.05, 4.69) is 0 Å². The molecule has 106 valence electrons. The van der Waals surface area contributed by atoms with Crippen molar-refractivity contribution in [3.05, 3.63) is 0 Å². The lowest BCUT2D eigenvalue weighted by Crippen LogP contribution is -2.46. The highest BCUT2D eigenvalue weighted by Gasteiger charge is 2.43. The van der Waals surface area contributed by atoms with E-state index in [0.717, 1.165) is 4.31 Å². The first-order chi connectivity index (χ1) is 8.37. The highest BCUT2D eigenvalue weighted by atomic mass is 32.2. The summed E-state index contributed by atoms with van der Waals surface area (Å²) in [5.74, 6) is -3.97. The fourth-order valence-electron chi connectivity index (χ4n) is 2.53. The molecule has 0 atom stereocenters. The predicted molar refractivity (Wildman–Crippen MR) is 59.6 cm³/mol.